The highest BCUT2D eigenvalue weighted by atomic mass is 35.5. The van der Waals surface area contributed by atoms with Crippen molar-refractivity contribution in [1.29, 1.82) is 0 Å². The molecule has 1 aliphatic rings. The second-order valence-electron chi connectivity index (χ2n) is 8.11. The highest BCUT2D eigenvalue weighted by molar-refractivity contribution is 7.15. The number of likely N-dealkylation sites (tertiary alicyclic amines) is 1. The Morgan fingerprint density at radius 2 is 2.03 bits per heavy atom. The van der Waals surface area contributed by atoms with E-state index in [1.165, 1.54) is 23.5 Å². The topological polar surface area (TPSA) is 46.1 Å². The van der Waals surface area contributed by atoms with Gasteiger partial charge in [0.2, 0.25) is 0 Å². The molecule has 1 aromatic carbocycles. The molecule has 0 spiro atoms. The quantitative estimate of drug-likeness (QED) is 0.459. The first kappa shape index (κ1) is 21.9. The fourth-order valence-corrected chi connectivity index (χ4v) is 5.32. The minimum absolute atomic E-state index is 0.0377. The molecule has 0 bridgehead atoms. The van der Waals surface area contributed by atoms with E-state index in [0.29, 0.717) is 16.6 Å². The van der Waals surface area contributed by atoms with E-state index in [1.54, 1.807) is 18.3 Å². The van der Waals surface area contributed by atoms with Crippen molar-refractivity contribution in [3.63, 3.8) is 0 Å². The van der Waals surface area contributed by atoms with Crippen molar-refractivity contribution in [3.8, 4) is 10.4 Å². The summed E-state index contributed by atoms with van der Waals surface area (Å²) in [5, 5.41) is 1.45. The monoisotopic (exact) mass is 457 g/mol. The molecular weight excluding hydrogens is 433 g/mol. The highest BCUT2D eigenvalue weighted by Crippen LogP contribution is 2.34. The summed E-state index contributed by atoms with van der Waals surface area (Å²) in [6.07, 6.45) is 5.38. The predicted octanol–water partition coefficient (Wildman–Crippen LogP) is 6.18. The van der Waals surface area contributed by atoms with Crippen molar-refractivity contribution >= 4 is 28.8 Å². The molecule has 2 atom stereocenters. The molecule has 0 radical (unpaired) electrons. The van der Waals surface area contributed by atoms with Gasteiger partial charge in [0.15, 0.2) is 0 Å². The van der Waals surface area contributed by atoms with Crippen LogP contribution in [0.15, 0.2) is 42.6 Å². The molecule has 2 aromatic heterocycles. The van der Waals surface area contributed by atoms with Gasteiger partial charge >= 0.3 is 0 Å². The minimum Gasteiger partial charge on any atom is -0.334 e. The maximum absolute atomic E-state index is 13.6. The third kappa shape index (κ3) is 4.96. The Balaban J connectivity index is 1.58. The summed E-state index contributed by atoms with van der Waals surface area (Å²) in [5.41, 5.74) is 2.27. The molecule has 1 unspecified atom stereocenters. The normalized spacial score (nSPS) is 18.9. The molecule has 4 rings (SSSR count). The highest BCUT2D eigenvalue weighted by Gasteiger charge is 2.34. The molecule has 3 heterocycles. The molecule has 31 heavy (non-hydrogen) atoms. The minimum atomic E-state index is -0.293. The van der Waals surface area contributed by atoms with Gasteiger partial charge in [0, 0.05) is 24.5 Å². The number of rotatable bonds is 5. The van der Waals surface area contributed by atoms with Crippen molar-refractivity contribution in [3.05, 3.63) is 69.8 Å². The Morgan fingerprint density at radius 3 is 2.74 bits per heavy atom. The smallest absolute Gasteiger partial charge is 0.274 e. The molecule has 0 N–H and O–H groups in total. The lowest BCUT2D eigenvalue weighted by Crippen LogP contribution is -2.48. The van der Waals surface area contributed by atoms with E-state index in [9.17, 15) is 9.18 Å². The first-order chi connectivity index (χ1) is 14.9. The zero-order valence-corrected chi connectivity index (χ0v) is 19.2. The van der Waals surface area contributed by atoms with Crippen molar-refractivity contribution in [2.45, 2.75) is 45.6 Å². The first-order valence-corrected chi connectivity index (χ1v) is 11.8. The molecule has 3 aromatic rings. The molecule has 1 saturated heterocycles. The lowest BCUT2D eigenvalue weighted by Gasteiger charge is -2.40. The Kier molecular flexibility index (Phi) is 6.68. The van der Waals surface area contributed by atoms with Gasteiger partial charge in [-0.2, -0.15) is 0 Å². The molecule has 7 heteroatoms. The first-order valence-electron chi connectivity index (χ1n) is 10.6. The van der Waals surface area contributed by atoms with Gasteiger partial charge in [-0.1, -0.05) is 30.7 Å². The van der Waals surface area contributed by atoms with E-state index in [1.807, 2.05) is 24.0 Å². The van der Waals surface area contributed by atoms with Gasteiger partial charge in [-0.15, -0.1) is 11.3 Å². The van der Waals surface area contributed by atoms with Crippen molar-refractivity contribution < 1.29 is 9.18 Å². The average Bonchev–Trinajstić information content (AvgIpc) is 3.15. The Bertz CT molecular complexity index is 1050. The van der Waals surface area contributed by atoms with Gasteiger partial charge in [0.05, 0.1) is 14.9 Å². The summed E-state index contributed by atoms with van der Waals surface area (Å²) in [6.45, 7) is 4.84. The van der Waals surface area contributed by atoms with Crippen LogP contribution in [0.3, 0.4) is 0 Å². The average molecular weight is 458 g/mol. The number of hydrogen-bond acceptors (Lipinski definition) is 4. The van der Waals surface area contributed by atoms with E-state index in [4.69, 9.17) is 11.6 Å². The summed E-state index contributed by atoms with van der Waals surface area (Å²) in [7, 11) is 0. The van der Waals surface area contributed by atoms with Crippen molar-refractivity contribution in [2.24, 2.45) is 5.92 Å². The van der Waals surface area contributed by atoms with Crippen molar-refractivity contribution in [2.75, 3.05) is 6.54 Å². The Labute approximate surface area is 191 Å². The molecule has 1 fully saturated rings. The lowest BCUT2D eigenvalue weighted by atomic mass is 9.87. The van der Waals surface area contributed by atoms with Gasteiger partial charge in [0.1, 0.15) is 11.5 Å². The summed E-state index contributed by atoms with van der Waals surface area (Å²) >= 11 is 7.43. The van der Waals surface area contributed by atoms with Crippen LogP contribution in [0.1, 0.15) is 47.4 Å². The summed E-state index contributed by atoms with van der Waals surface area (Å²) in [6, 6.07) is 10.2. The van der Waals surface area contributed by atoms with E-state index >= 15 is 0 Å². The number of benzene rings is 1. The molecule has 1 aliphatic heterocycles. The van der Waals surface area contributed by atoms with Crippen LogP contribution < -0.4 is 0 Å². The molecule has 0 saturated carbocycles. The molecular formula is C24H25ClFN3OS. The number of aromatic nitrogens is 2. The summed E-state index contributed by atoms with van der Waals surface area (Å²) in [5.74, 6) is 0.0712. The van der Waals surface area contributed by atoms with E-state index < -0.39 is 0 Å². The number of hydrogen-bond donors (Lipinski definition) is 0. The largest absolute Gasteiger partial charge is 0.334 e. The molecule has 162 valence electrons. The maximum Gasteiger partial charge on any atom is 0.274 e. The van der Waals surface area contributed by atoms with Crippen LogP contribution in [0, 0.1) is 18.7 Å². The number of aryl methyl sites for hydroxylation is 2. The van der Waals surface area contributed by atoms with Gasteiger partial charge in [-0.05, 0) is 68.4 Å². The number of piperidine rings is 1. The van der Waals surface area contributed by atoms with Crippen LogP contribution in [-0.4, -0.2) is 33.4 Å². The molecule has 0 aliphatic carbocycles. The zero-order chi connectivity index (χ0) is 22.0. The van der Waals surface area contributed by atoms with Crippen LogP contribution in [0.2, 0.25) is 5.02 Å². The van der Waals surface area contributed by atoms with Crippen LogP contribution in [0.25, 0.3) is 10.4 Å². The predicted molar refractivity (Wildman–Crippen MR) is 123 cm³/mol. The van der Waals surface area contributed by atoms with Gasteiger partial charge in [-0.25, -0.2) is 9.37 Å². The van der Waals surface area contributed by atoms with E-state index in [2.05, 4.69) is 16.9 Å². The molecule has 4 nitrogen and oxygen atoms in total. The number of carbonyl (C=O) groups is 1. The van der Waals surface area contributed by atoms with E-state index in [0.717, 1.165) is 53.4 Å². The number of nitrogens with zero attached hydrogens (tertiary/aromatic N) is 3. The SMILES string of the molecule is Cc1nc(C(=O)N2CCC[C@@H](C)C2CCc2ccc(Cl)cn2)c(-c2ccc(F)cc2)s1. The van der Waals surface area contributed by atoms with Crippen LogP contribution in [-0.2, 0) is 6.42 Å². The Morgan fingerprint density at radius 1 is 1.26 bits per heavy atom. The van der Waals surface area contributed by atoms with E-state index in [-0.39, 0.29) is 17.8 Å². The van der Waals surface area contributed by atoms with Crippen LogP contribution >= 0.6 is 22.9 Å². The third-order valence-electron chi connectivity index (χ3n) is 5.90. The number of amides is 1. The second-order valence-corrected chi connectivity index (χ2v) is 9.75. The van der Waals surface area contributed by atoms with Gasteiger partial charge in [-0.3, -0.25) is 9.78 Å². The van der Waals surface area contributed by atoms with Crippen LogP contribution in [0.5, 0.6) is 0 Å². The number of thiazole rings is 1. The number of pyridine rings is 1. The van der Waals surface area contributed by atoms with Gasteiger partial charge < -0.3 is 4.90 Å². The third-order valence-corrected chi connectivity index (χ3v) is 7.15. The van der Waals surface area contributed by atoms with Gasteiger partial charge in [0.25, 0.3) is 5.91 Å². The molecule has 1 amide bonds. The maximum atomic E-state index is 13.6. The van der Waals surface area contributed by atoms with Crippen molar-refractivity contribution in [1.82, 2.24) is 14.9 Å². The fourth-order valence-electron chi connectivity index (χ4n) is 4.30. The standard InChI is InChI=1S/C24H25ClFN3OS/c1-15-4-3-13-29(21(15)12-11-20-10-7-18(25)14-27-20)24(30)22-23(31-16(2)28-22)17-5-8-19(26)9-6-17/h5-10,14-15,21H,3-4,11-13H2,1-2H3/t15-,21?/m1/s1. The number of halogens is 2. The second kappa shape index (κ2) is 9.45. The number of carbonyl (C=O) groups excluding carboxylic acids is 1. The van der Waals surface area contributed by atoms with Crippen LogP contribution in [0.4, 0.5) is 4.39 Å². The summed E-state index contributed by atoms with van der Waals surface area (Å²) < 4.78 is 13.4. The lowest BCUT2D eigenvalue weighted by molar-refractivity contribution is 0.0494. The Hall–Kier alpha value is -2.31. The summed E-state index contributed by atoms with van der Waals surface area (Å²) in [4.78, 5) is 25.4. The zero-order valence-electron chi connectivity index (χ0n) is 17.6. The fraction of sp³-hybridized carbons (Fsp3) is 0.375.